The molecule has 4 aromatic rings. The quantitative estimate of drug-likeness (QED) is 0.194. The number of anilines is 2. The fraction of sp³-hybridized carbons (Fsp3) is 0.500. The third-order valence-electron chi connectivity index (χ3n) is 9.13. The molecule has 1 aliphatic heterocycles. The lowest BCUT2D eigenvalue weighted by Crippen LogP contribution is -2.37. The first-order valence-electron chi connectivity index (χ1n) is 15.9. The minimum atomic E-state index is -4.63. The predicted molar refractivity (Wildman–Crippen MR) is 171 cm³/mol. The number of nitrogens with one attached hydrogen (secondary N) is 1. The third kappa shape index (κ3) is 6.59. The van der Waals surface area contributed by atoms with Gasteiger partial charge in [-0.2, -0.15) is 13.2 Å². The van der Waals surface area contributed by atoms with E-state index in [-0.39, 0.29) is 17.6 Å². The summed E-state index contributed by atoms with van der Waals surface area (Å²) in [6.07, 6.45) is 4.84. The molecule has 0 spiro atoms. The number of aromatic amines is 1. The number of nitrogens with zero attached hydrogens (tertiary/aromatic N) is 5. The zero-order valence-electron chi connectivity index (χ0n) is 26.2. The first-order chi connectivity index (χ1) is 21.7. The van der Waals surface area contributed by atoms with Gasteiger partial charge in [-0.05, 0) is 75.4 Å². The van der Waals surface area contributed by atoms with Gasteiger partial charge in [0.1, 0.15) is 16.9 Å². The lowest BCUT2D eigenvalue weighted by Gasteiger charge is -2.34. The number of ether oxygens (including phenoxy) is 2. The molecule has 8 nitrogen and oxygen atoms in total. The van der Waals surface area contributed by atoms with Gasteiger partial charge in [-0.15, -0.1) is 0 Å². The highest BCUT2D eigenvalue weighted by Gasteiger charge is 2.37. The summed E-state index contributed by atoms with van der Waals surface area (Å²) in [5.41, 5.74) is 3.74. The van der Waals surface area contributed by atoms with Crippen molar-refractivity contribution in [2.45, 2.75) is 58.0 Å². The van der Waals surface area contributed by atoms with Gasteiger partial charge in [0.05, 0.1) is 24.6 Å². The Morgan fingerprint density at radius 1 is 0.978 bits per heavy atom. The maximum atomic E-state index is 14.0. The molecule has 2 fully saturated rings. The van der Waals surface area contributed by atoms with Gasteiger partial charge in [0.25, 0.3) is 0 Å². The molecule has 0 radical (unpaired) electrons. The Balaban J connectivity index is 1.42. The molecule has 1 aromatic carbocycles. The number of piperidine rings is 1. The highest BCUT2D eigenvalue weighted by Crippen LogP contribution is 2.42. The van der Waals surface area contributed by atoms with Crippen LogP contribution in [0.1, 0.15) is 57.4 Å². The molecule has 3 aromatic heterocycles. The van der Waals surface area contributed by atoms with Crippen LogP contribution in [0.3, 0.4) is 0 Å². The second-order valence-electron chi connectivity index (χ2n) is 12.4. The number of hydrogen-bond acceptors (Lipinski definition) is 7. The molecule has 0 bridgehead atoms. The van der Waals surface area contributed by atoms with Crippen LogP contribution < -0.4 is 14.5 Å². The summed E-state index contributed by atoms with van der Waals surface area (Å²) in [6.45, 7) is 5.21. The summed E-state index contributed by atoms with van der Waals surface area (Å²) in [5.74, 6) is 0.215. The standard InChI is InChI=1S/C34H41F3N6O2/c1-4-45-32-26(34(35,36)37)18-24(20-38-32)27-19-28(42(2)21-33(22-44-3)14-6-7-15-33)29-31(39-27)41-30(40-29)23-10-12-25(13-11-23)43-16-8-5-9-17-43/h10-13,18-20H,4-9,14-17,21-22H2,1-3H3,(H,39,40,41). The summed E-state index contributed by atoms with van der Waals surface area (Å²) >= 11 is 0. The van der Waals surface area contributed by atoms with E-state index in [2.05, 4.69) is 44.0 Å². The normalized spacial score (nSPS) is 16.8. The molecular formula is C34H41F3N6O2. The Bertz CT molecular complexity index is 1610. The number of H-pyrrole nitrogens is 1. The van der Waals surface area contributed by atoms with Crippen LogP contribution in [0.15, 0.2) is 42.6 Å². The largest absolute Gasteiger partial charge is 0.478 e. The number of rotatable bonds is 10. The zero-order chi connectivity index (χ0) is 31.6. The number of benzene rings is 1. The molecule has 1 saturated carbocycles. The maximum Gasteiger partial charge on any atom is 0.421 e. The number of aromatic nitrogens is 4. The summed E-state index contributed by atoms with van der Waals surface area (Å²) < 4.78 is 52.9. The zero-order valence-corrected chi connectivity index (χ0v) is 26.2. The summed E-state index contributed by atoms with van der Waals surface area (Å²) in [7, 11) is 3.75. The van der Waals surface area contributed by atoms with Crippen LogP contribution in [0.25, 0.3) is 33.8 Å². The molecule has 1 aliphatic carbocycles. The molecule has 0 unspecified atom stereocenters. The minimum Gasteiger partial charge on any atom is -0.478 e. The van der Waals surface area contributed by atoms with Crippen molar-refractivity contribution in [2.24, 2.45) is 5.41 Å². The van der Waals surface area contributed by atoms with E-state index in [0.717, 1.165) is 68.2 Å². The summed E-state index contributed by atoms with van der Waals surface area (Å²) in [5, 5.41) is 0. The van der Waals surface area contributed by atoms with Crippen molar-refractivity contribution in [3.63, 3.8) is 0 Å². The van der Waals surface area contributed by atoms with Crippen LogP contribution in [0, 0.1) is 5.41 Å². The minimum absolute atomic E-state index is 0.00343. The number of hydrogen-bond donors (Lipinski definition) is 1. The van der Waals surface area contributed by atoms with Gasteiger partial charge in [0, 0.05) is 62.2 Å². The second kappa shape index (κ2) is 12.9. The Labute approximate surface area is 262 Å². The van der Waals surface area contributed by atoms with Crippen molar-refractivity contribution in [3.8, 4) is 28.5 Å². The monoisotopic (exact) mass is 622 g/mol. The number of imidazole rings is 1. The van der Waals surface area contributed by atoms with Gasteiger partial charge in [-0.3, -0.25) is 0 Å². The molecule has 45 heavy (non-hydrogen) atoms. The van der Waals surface area contributed by atoms with Crippen molar-refractivity contribution in [1.29, 1.82) is 0 Å². The SMILES string of the molecule is CCOc1ncc(-c2cc(N(C)CC3(COC)CCCC3)c3[nH]c(-c4ccc(N5CCCCC5)cc4)nc3n2)cc1C(F)(F)F. The lowest BCUT2D eigenvalue weighted by molar-refractivity contribution is -0.139. The topological polar surface area (TPSA) is 79.4 Å². The number of methoxy groups -OCH3 is 1. The Kier molecular flexibility index (Phi) is 8.90. The molecule has 1 N–H and O–H groups in total. The van der Waals surface area contributed by atoms with Gasteiger partial charge in [0.15, 0.2) is 5.65 Å². The van der Waals surface area contributed by atoms with Crippen molar-refractivity contribution in [3.05, 3.63) is 48.2 Å². The smallest absolute Gasteiger partial charge is 0.421 e. The molecule has 4 heterocycles. The van der Waals surface area contributed by atoms with E-state index in [1.165, 1.54) is 31.1 Å². The van der Waals surface area contributed by atoms with Crippen LogP contribution in [-0.4, -0.2) is 66.9 Å². The van der Waals surface area contributed by atoms with Crippen molar-refractivity contribution in [1.82, 2.24) is 19.9 Å². The van der Waals surface area contributed by atoms with E-state index < -0.39 is 17.6 Å². The van der Waals surface area contributed by atoms with Gasteiger partial charge in [0.2, 0.25) is 5.88 Å². The summed E-state index contributed by atoms with van der Waals surface area (Å²) in [6, 6.07) is 11.3. The summed E-state index contributed by atoms with van der Waals surface area (Å²) in [4.78, 5) is 21.7. The van der Waals surface area contributed by atoms with Crippen LogP contribution in [-0.2, 0) is 10.9 Å². The van der Waals surface area contributed by atoms with Gasteiger partial charge >= 0.3 is 6.18 Å². The molecular weight excluding hydrogens is 581 g/mol. The number of pyridine rings is 2. The van der Waals surface area contributed by atoms with E-state index in [9.17, 15) is 13.2 Å². The van der Waals surface area contributed by atoms with Crippen LogP contribution >= 0.6 is 0 Å². The lowest BCUT2D eigenvalue weighted by atomic mass is 9.86. The Hall–Kier alpha value is -3.86. The number of halogens is 3. The van der Waals surface area contributed by atoms with E-state index in [1.54, 1.807) is 14.0 Å². The van der Waals surface area contributed by atoms with E-state index in [1.807, 2.05) is 13.1 Å². The van der Waals surface area contributed by atoms with Gasteiger partial charge in [-0.1, -0.05) is 12.8 Å². The fourth-order valence-electron chi connectivity index (χ4n) is 6.95. The predicted octanol–water partition coefficient (Wildman–Crippen LogP) is 7.74. The first kappa shape index (κ1) is 31.1. The average molecular weight is 623 g/mol. The maximum absolute atomic E-state index is 14.0. The van der Waals surface area contributed by atoms with E-state index in [4.69, 9.17) is 19.4 Å². The first-order valence-corrected chi connectivity index (χ1v) is 15.9. The highest BCUT2D eigenvalue weighted by molar-refractivity contribution is 5.91. The average Bonchev–Trinajstić information content (AvgIpc) is 3.68. The van der Waals surface area contributed by atoms with Crippen molar-refractivity contribution < 1.29 is 22.6 Å². The number of alkyl halides is 3. The van der Waals surface area contributed by atoms with E-state index in [0.29, 0.717) is 23.8 Å². The number of fused-ring (bicyclic) bond motifs is 1. The van der Waals surface area contributed by atoms with Crippen LogP contribution in [0.2, 0.25) is 0 Å². The van der Waals surface area contributed by atoms with Gasteiger partial charge in [-0.25, -0.2) is 15.0 Å². The second-order valence-corrected chi connectivity index (χ2v) is 12.4. The third-order valence-corrected chi connectivity index (χ3v) is 9.13. The Morgan fingerprint density at radius 2 is 1.71 bits per heavy atom. The van der Waals surface area contributed by atoms with Crippen LogP contribution in [0.4, 0.5) is 24.5 Å². The molecule has 240 valence electrons. The van der Waals surface area contributed by atoms with Crippen molar-refractivity contribution in [2.75, 3.05) is 56.8 Å². The molecule has 0 atom stereocenters. The van der Waals surface area contributed by atoms with Gasteiger partial charge < -0.3 is 24.3 Å². The molecule has 1 saturated heterocycles. The molecule has 2 aliphatic rings. The molecule has 0 amide bonds. The molecule has 11 heteroatoms. The highest BCUT2D eigenvalue weighted by atomic mass is 19.4. The van der Waals surface area contributed by atoms with E-state index >= 15 is 0 Å². The fourth-order valence-corrected chi connectivity index (χ4v) is 6.95. The van der Waals surface area contributed by atoms with Crippen LogP contribution in [0.5, 0.6) is 5.88 Å². The molecule has 6 rings (SSSR count). The Morgan fingerprint density at radius 3 is 2.38 bits per heavy atom. The van der Waals surface area contributed by atoms with Crippen molar-refractivity contribution >= 4 is 22.5 Å².